The highest BCUT2D eigenvalue weighted by atomic mass is 16.5. The first kappa shape index (κ1) is 9.07. The van der Waals surface area contributed by atoms with Crippen molar-refractivity contribution in [3.05, 3.63) is 12.3 Å². The maximum absolute atomic E-state index is 5.40. The Morgan fingerprint density at radius 2 is 2.08 bits per heavy atom. The first-order valence-corrected chi connectivity index (χ1v) is 5.16. The average molecular weight is 182 g/mol. The van der Waals surface area contributed by atoms with Crippen molar-refractivity contribution in [3.8, 4) is 0 Å². The first-order valence-electron chi connectivity index (χ1n) is 5.16. The van der Waals surface area contributed by atoms with E-state index in [-0.39, 0.29) is 0 Å². The molecule has 2 aliphatic heterocycles. The van der Waals surface area contributed by atoms with Crippen molar-refractivity contribution in [2.75, 3.05) is 19.8 Å². The molecule has 2 heterocycles. The van der Waals surface area contributed by atoms with Gasteiger partial charge in [0.25, 0.3) is 0 Å². The van der Waals surface area contributed by atoms with Crippen LogP contribution in [-0.2, 0) is 9.47 Å². The molecule has 2 rings (SSSR count). The predicted molar refractivity (Wildman–Crippen MR) is 51.4 cm³/mol. The number of allylic oxidation sites excluding steroid dienone is 1. The monoisotopic (exact) mass is 182 g/mol. The largest absolute Gasteiger partial charge is 0.501 e. The molecule has 0 N–H and O–H groups in total. The summed E-state index contributed by atoms with van der Waals surface area (Å²) >= 11 is 0. The van der Waals surface area contributed by atoms with Crippen LogP contribution in [0.5, 0.6) is 0 Å². The molecule has 0 spiro atoms. The topological polar surface area (TPSA) is 18.5 Å². The molecule has 2 aliphatic rings. The van der Waals surface area contributed by atoms with Crippen molar-refractivity contribution in [2.24, 2.45) is 11.3 Å². The minimum Gasteiger partial charge on any atom is -0.501 e. The minimum atomic E-state index is 0.447. The summed E-state index contributed by atoms with van der Waals surface area (Å²) in [4.78, 5) is 0. The quantitative estimate of drug-likeness (QED) is 0.619. The third kappa shape index (κ3) is 1.88. The first-order chi connectivity index (χ1) is 6.31. The number of hydrogen-bond acceptors (Lipinski definition) is 2. The highest BCUT2D eigenvalue weighted by Crippen LogP contribution is 2.40. The summed E-state index contributed by atoms with van der Waals surface area (Å²) in [7, 11) is 0. The molecule has 74 valence electrons. The zero-order valence-corrected chi connectivity index (χ0v) is 8.29. The molecule has 0 bridgehead atoms. The molecule has 1 atom stereocenters. The molecule has 0 saturated carbocycles. The van der Waals surface area contributed by atoms with E-state index in [1.165, 1.54) is 19.3 Å². The van der Waals surface area contributed by atoms with Gasteiger partial charge < -0.3 is 9.47 Å². The molecule has 1 saturated heterocycles. The molecule has 2 heteroatoms. The van der Waals surface area contributed by atoms with Crippen LogP contribution in [0.15, 0.2) is 12.3 Å². The summed E-state index contributed by atoms with van der Waals surface area (Å²) in [6.07, 6.45) is 7.54. The van der Waals surface area contributed by atoms with Gasteiger partial charge in [-0.3, -0.25) is 0 Å². The maximum Gasteiger partial charge on any atom is 0.0909 e. The number of rotatable bonds is 1. The number of ether oxygens (including phenoxy) is 2. The van der Waals surface area contributed by atoms with Crippen LogP contribution in [0.4, 0.5) is 0 Å². The van der Waals surface area contributed by atoms with Crippen molar-refractivity contribution in [1.82, 2.24) is 0 Å². The van der Waals surface area contributed by atoms with Crippen LogP contribution in [-0.4, -0.2) is 19.8 Å². The van der Waals surface area contributed by atoms with E-state index in [1.54, 1.807) is 0 Å². The van der Waals surface area contributed by atoms with E-state index in [2.05, 4.69) is 13.0 Å². The Balaban J connectivity index is 1.99. The lowest BCUT2D eigenvalue weighted by atomic mass is 9.70. The average Bonchev–Trinajstić information content (AvgIpc) is 2.20. The van der Waals surface area contributed by atoms with Gasteiger partial charge in [0.1, 0.15) is 0 Å². The van der Waals surface area contributed by atoms with Crippen LogP contribution in [0.1, 0.15) is 26.2 Å². The SMILES string of the molecule is CC1(C2CC=COC2)CCOCC1. The fourth-order valence-electron chi connectivity index (χ4n) is 2.26. The van der Waals surface area contributed by atoms with Crippen LogP contribution >= 0.6 is 0 Å². The highest BCUT2D eigenvalue weighted by Gasteiger charge is 2.36. The van der Waals surface area contributed by atoms with Gasteiger partial charge >= 0.3 is 0 Å². The molecular weight excluding hydrogens is 164 g/mol. The molecule has 1 fully saturated rings. The zero-order chi connectivity index (χ0) is 9.15. The van der Waals surface area contributed by atoms with E-state index in [0.29, 0.717) is 11.3 Å². The van der Waals surface area contributed by atoms with Gasteiger partial charge in [-0.1, -0.05) is 6.92 Å². The second kappa shape index (κ2) is 3.70. The summed E-state index contributed by atoms with van der Waals surface area (Å²) in [6.45, 7) is 5.13. The van der Waals surface area contributed by atoms with Crippen molar-refractivity contribution >= 4 is 0 Å². The van der Waals surface area contributed by atoms with Crippen LogP contribution in [0, 0.1) is 11.3 Å². The van der Waals surface area contributed by atoms with Crippen LogP contribution in [0.25, 0.3) is 0 Å². The van der Waals surface area contributed by atoms with Gasteiger partial charge in [-0.05, 0) is 30.8 Å². The van der Waals surface area contributed by atoms with E-state index >= 15 is 0 Å². The van der Waals surface area contributed by atoms with E-state index in [4.69, 9.17) is 9.47 Å². The Kier molecular flexibility index (Phi) is 2.58. The highest BCUT2D eigenvalue weighted by molar-refractivity contribution is 4.92. The van der Waals surface area contributed by atoms with Gasteiger partial charge in [0.05, 0.1) is 12.9 Å². The van der Waals surface area contributed by atoms with Crippen molar-refractivity contribution in [2.45, 2.75) is 26.2 Å². The fraction of sp³-hybridized carbons (Fsp3) is 0.818. The Morgan fingerprint density at radius 1 is 1.31 bits per heavy atom. The van der Waals surface area contributed by atoms with Crippen molar-refractivity contribution < 1.29 is 9.47 Å². The summed E-state index contributed by atoms with van der Waals surface area (Å²) in [5, 5.41) is 0. The van der Waals surface area contributed by atoms with Crippen molar-refractivity contribution in [1.29, 1.82) is 0 Å². The summed E-state index contributed by atoms with van der Waals surface area (Å²) in [5.41, 5.74) is 0.447. The van der Waals surface area contributed by atoms with E-state index in [1.807, 2.05) is 6.26 Å². The lowest BCUT2D eigenvalue weighted by molar-refractivity contribution is -0.0279. The third-order valence-corrected chi connectivity index (χ3v) is 3.53. The van der Waals surface area contributed by atoms with Gasteiger partial charge in [0.15, 0.2) is 0 Å². The van der Waals surface area contributed by atoms with E-state index in [0.717, 1.165) is 19.8 Å². The van der Waals surface area contributed by atoms with Crippen molar-refractivity contribution in [3.63, 3.8) is 0 Å². The van der Waals surface area contributed by atoms with Crippen LogP contribution in [0.3, 0.4) is 0 Å². The molecule has 2 nitrogen and oxygen atoms in total. The second-order valence-corrected chi connectivity index (χ2v) is 4.40. The minimum absolute atomic E-state index is 0.447. The molecular formula is C11H18O2. The Morgan fingerprint density at radius 3 is 2.69 bits per heavy atom. The Labute approximate surface area is 79.9 Å². The lowest BCUT2D eigenvalue weighted by Crippen LogP contribution is -2.36. The molecule has 0 aromatic carbocycles. The summed E-state index contributed by atoms with van der Waals surface area (Å²) < 4.78 is 10.8. The molecule has 0 amide bonds. The number of hydrogen-bond donors (Lipinski definition) is 0. The zero-order valence-electron chi connectivity index (χ0n) is 8.29. The Bertz CT molecular complexity index is 192. The smallest absolute Gasteiger partial charge is 0.0909 e. The van der Waals surface area contributed by atoms with Gasteiger partial charge in [-0.15, -0.1) is 0 Å². The molecule has 0 aromatic rings. The lowest BCUT2D eigenvalue weighted by Gasteiger charge is -2.40. The maximum atomic E-state index is 5.40. The molecule has 0 aromatic heterocycles. The predicted octanol–water partition coefficient (Wildman–Crippen LogP) is 2.35. The Hall–Kier alpha value is -0.500. The van der Waals surface area contributed by atoms with Gasteiger partial charge in [-0.2, -0.15) is 0 Å². The van der Waals surface area contributed by atoms with Gasteiger partial charge in [0, 0.05) is 19.1 Å². The molecule has 13 heavy (non-hydrogen) atoms. The molecule has 1 unspecified atom stereocenters. The summed E-state index contributed by atoms with van der Waals surface area (Å²) in [5.74, 6) is 0.696. The van der Waals surface area contributed by atoms with E-state index in [9.17, 15) is 0 Å². The van der Waals surface area contributed by atoms with Crippen LogP contribution < -0.4 is 0 Å². The fourth-order valence-corrected chi connectivity index (χ4v) is 2.26. The molecule has 0 radical (unpaired) electrons. The van der Waals surface area contributed by atoms with Gasteiger partial charge in [-0.25, -0.2) is 0 Å². The standard InChI is InChI=1S/C11H18O2/c1-11(4-7-12-8-5-11)10-3-2-6-13-9-10/h2,6,10H,3-5,7-9H2,1H3. The summed E-state index contributed by atoms with van der Waals surface area (Å²) in [6, 6.07) is 0. The normalized spacial score (nSPS) is 32.5. The second-order valence-electron chi connectivity index (χ2n) is 4.40. The van der Waals surface area contributed by atoms with E-state index < -0.39 is 0 Å². The van der Waals surface area contributed by atoms with Gasteiger partial charge in [0.2, 0.25) is 0 Å². The van der Waals surface area contributed by atoms with Crippen LogP contribution in [0.2, 0.25) is 0 Å². The molecule has 0 aliphatic carbocycles. The third-order valence-electron chi connectivity index (χ3n) is 3.53.